The SMILES string of the molecule is Cc1ccn2nc(NCCNC3CC3)nc2c1. The molecule has 1 saturated carbocycles. The van der Waals surface area contributed by atoms with Gasteiger partial charge in [0.2, 0.25) is 5.95 Å². The number of fused-ring (bicyclic) bond motifs is 1. The maximum Gasteiger partial charge on any atom is 0.243 e. The monoisotopic (exact) mass is 231 g/mol. The van der Waals surface area contributed by atoms with Gasteiger partial charge in [0.15, 0.2) is 5.65 Å². The van der Waals surface area contributed by atoms with E-state index in [1.54, 1.807) is 4.52 Å². The minimum absolute atomic E-state index is 0.702. The molecule has 0 atom stereocenters. The zero-order chi connectivity index (χ0) is 11.7. The summed E-state index contributed by atoms with van der Waals surface area (Å²) in [6.45, 7) is 3.90. The van der Waals surface area contributed by atoms with Gasteiger partial charge in [-0.2, -0.15) is 4.98 Å². The van der Waals surface area contributed by atoms with E-state index < -0.39 is 0 Å². The summed E-state index contributed by atoms with van der Waals surface area (Å²) < 4.78 is 1.80. The first kappa shape index (κ1) is 10.5. The van der Waals surface area contributed by atoms with Crippen molar-refractivity contribution in [2.75, 3.05) is 18.4 Å². The zero-order valence-corrected chi connectivity index (χ0v) is 9.98. The molecule has 0 aliphatic heterocycles. The van der Waals surface area contributed by atoms with E-state index in [-0.39, 0.29) is 0 Å². The maximum absolute atomic E-state index is 4.42. The number of nitrogens with one attached hydrogen (secondary N) is 2. The fraction of sp³-hybridized carbons (Fsp3) is 0.500. The summed E-state index contributed by atoms with van der Waals surface area (Å²) in [6.07, 6.45) is 4.59. The van der Waals surface area contributed by atoms with Crippen LogP contribution in [0.1, 0.15) is 18.4 Å². The Hall–Kier alpha value is -1.62. The van der Waals surface area contributed by atoms with E-state index in [4.69, 9.17) is 0 Å². The van der Waals surface area contributed by atoms with Gasteiger partial charge < -0.3 is 10.6 Å². The van der Waals surface area contributed by atoms with Crippen LogP contribution in [0.4, 0.5) is 5.95 Å². The number of aryl methyl sites for hydroxylation is 1. The predicted octanol–water partition coefficient (Wildman–Crippen LogP) is 1.20. The van der Waals surface area contributed by atoms with Gasteiger partial charge in [-0.1, -0.05) is 0 Å². The third kappa shape index (κ3) is 2.55. The lowest BCUT2D eigenvalue weighted by Gasteiger charge is -2.02. The normalized spacial score (nSPS) is 15.4. The van der Waals surface area contributed by atoms with E-state index in [2.05, 4.69) is 27.6 Å². The van der Waals surface area contributed by atoms with Crippen LogP contribution in [0.2, 0.25) is 0 Å². The van der Waals surface area contributed by atoms with E-state index >= 15 is 0 Å². The first-order valence-electron chi connectivity index (χ1n) is 6.11. The van der Waals surface area contributed by atoms with Gasteiger partial charge in [0.25, 0.3) is 0 Å². The third-order valence-electron chi connectivity index (χ3n) is 2.91. The van der Waals surface area contributed by atoms with Crippen molar-refractivity contribution < 1.29 is 0 Å². The lowest BCUT2D eigenvalue weighted by atomic mass is 10.3. The van der Waals surface area contributed by atoms with E-state index in [1.165, 1.54) is 18.4 Å². The highest BCUT2D eigenvalue weighted by Crippen LogP contribution is 2.17. The van der Waals surface area contributed by atoms with E-state index in [9.17, 15) is 0 Å². The molecule has 5 nitrogen and oxygen atoms in total. The Bertz CT molecular complexity index is 515. The largest absolute Gasteiger partial charge is 0.352 e. The van der Waals surface area contributed by atoms with Crippen LogP contribution in [-0.2, 0) is 0 Å². The molecule has 0 unspecified atom stereocenters. The van der Waals surface area contributed by atoms with Crippen molar-refractivity contribution in [2.45, 2.75) is 25.8 Å². The van der Waals surface area contributed by atoms with Crippen LogP contribution in [0.5, 0.6) is 0 Å². The van der Waals surface area contributed by atoms with Crippen LogP contribution in [0.3, 0.4) is 0 Å². The number of hydrogen-bond donors (Lipinski definition) is 2. The first-order chi connectivity index (χ1) is 8.31. The Balaban J connectivity index is 1.60. The highest BCUT2D eigenvalue weighted by atomic mass is 15.3. The zero-order valence-electron chi connectivity index (χ0n) is 9.98. The van der Waals surface area contributed by atoms with Crippen molar-refractivity contribution in [1.82, 2.24) is 19.9 Å². The topological polar surface area (TPSA) is 54.2 Å². The van der Waals surface area contributed by atoms with Crippen LogP contribution in [0, 0.1) is 6.92 Å². The molecule has 2 N–H and O–H groups in total. The molecule has 2 heterocycles. The minimum Gasteiger partial charge on any atom is -0.352 e. The summed E-state index contributed by atoms with van der Waals surface area (Å²) in [4.78, 5) is 4.42. The fourth-order valence-electron chi connectivity index (χ4n) is 1.80. The van der Waals surface area contributed by atoms with Crippen molar-refractivity contribution in [2.24, 2.45) is 0 Å². The highest BCUT2D eigenvalue weighted by Gasteiger charge is 2.19. The van der Waals surface area contributed by atoms with Crippen molar-refractivity contribution in [3.05, 3.63) is 23.9 Å². The molecule has 1 aliphatic carbocycles. The van der Waals surface area contributed by atoms with Gasteiger partial charge in [-0.05, 0) is 37.5 Å². The molecule has 0 saturated heterocycles. The summed E-state index contributed by atoms with van der Waals surface area (Å²) in [6, 6.07) is 4.81. The van der Waals surface area contributed by atoms with Gasteiger partial charge in [0.1, 0.15) is 0 Å². The van der Waals surface area contributed by atoms with E-state index in [0.717, 1.165) is 24.8 Å². The second-order valence-corrected chi connectivity index (χ2v) is 4.60. The van der Waals surface area contributed by atoms with Gasteiger partial charge >= 0.3 is 0 Å². The Morgan fingerprint density at radius 1 is 1.41 bits per heavy atom. The summed E-state index contributed by atoms with van der Waals surface area (Å²) in [5.74, 6) is 0.702. The third-order valence-corrected chi connectivity index (χ3v) is 2.91. The maximum atomic E-state index is 4.42. The standard InChI is InChI=1S/C12H17N5/c1-9-4-7-17-11(8-9)15-12(16-17)14-6-5-13-10-2-3-10/h4,7-8,10,13H,2-3,5-6H2,1H3,(H,14,16). The Morgan fingerprint density at radius 2 is 2.29 bits per heavy atom. The molecule has 0 radical (unpaired) electrons. The van der Waals surface area contributed by atoms with Gasteiger partial charge in [-0.25, -0.2) is 4.52 Å². The molecule has 90 valence electrons. The molecule has 1 aliphatic rings. The number of anilines is 1. The average molecular weight is 231 g/mol. The smallest absolute Gasteiger partial charge is 0.243 e. The molecule has 0 aromatic carbocycles. The molecule has 0 amide bonds. The summed E-state index contributed by atoms with van der Waals surface area (Å²) in [5, 5.41) is 11.0. The number of aromatic nitrogens is 3. The van der Waals surface area contributed by atoms with Crippen molar-refractivity contribution in [3.63, 3.8) is 0 Å². The second-order valence-electron chi connectivity index (χ2n) is 4.60. The Morgan fingerprint density at radius 3 is 3.12 bits per heavy atom. The molecule has 2 aromatic rings. The van der Waals surface area contributed by atoms with Crippen LogP contribution in [0.25, 0.3) is 5.65 Å². The quantitative estimate of drug-likeness (QED) is 0.759. The highest BCUT2D eigenvalue weighted by molar-refractivity contribution is 5.45. The van der Waals surface area contributed by atoms with Crippen molar-refractivity contribution in [1.29, 1.82) is 0 Å². The number of nitrogens with zero attached hydrogens (tertiary/aromatic N) is 3. The molecule has 0 bridgehead atoms. The Kier molecular flexibility index (Phi) is 2.68. The van der Waals surface area contributed by atoms with Crippen molar-refractivity contribution in [3.8, 4) is 0 Å². The molecular weight excluding hydrogens is 214 g/mol. The predicted molar refractivity (Wildman–Crippen MR) is 67.2 cm³/mol. The summed E-state index contributed by atoms with van der Waals surface area (Å²) >= 11 is 0. The van der Waals surface area contributed by atoms with E-state index in [1.807, 2.05) is 18.3 Å². The minimum atomic E-state index is 0.702. The van der Waals surface area contributed by atoms with Gasteiger partial charge in [-0.3, -0.25) is 0 Å². The molecule has 3 rings (SSSR count). The number of hydrogen-bond acceptors (Lipinski definition) is 4. The fourth-order valence-corrected chi connectivity index (χ4v) is 1.80. The lowest BCUT2D eigenvalue weighted by Crippen LogP contribution is -2.24. The molecule has 1 fully saturated rings. The molecule has 2 aromatic heterocycles. The van der Waals surface area contributed by atoms with Crippen molar-refractivity contribution >= 4 is 11.6 Å². The first-order valence-corrected chi connectivity index (χ1v) is 6.11. The van der Waals surface area contributed by atoms with Crippen LogP contribution >= 0.6 is 0 Å². The van der Waals surface area contributed by atoms with Gasteiger partial charge in [0, 0.05) is 25.3 Å². The second kappa shape index (κ2) is 4.33. The van der Waals surface area contributed by atoms with Gasteiger partial charge in [-0.15, -0.1) is 5.10 Å². The number of pyridine rings is 1. The van der Waals surface area contributed by atoms with Gasteiger partial charge in [0.05, 0.1) is 0 Å². The average Bonchev–Trinajstić information content (AvgIpc) is 3.04. The molecule has 0 spiro atoms. The van der Waals surface area contributed by atoms with Crippen LogP contribution in [-0.4, -0.2) is 33.7 Å². The van der Waals surface area contributed by atoms with Crippen LogP contribution < -0.4 is 10.6 Å². The van der Waals surface area contributed by atoms with Crippen LogP contribution in [0.15, 0.2) is 18.3 Å². The molecule has 5 heteroatoms. The summed E-state index contributed by atoms with van der Waals surface area (Å²) in [7, 11) is 0. The Labute approximate surface area is 100 Å². The van der Waals surface area contributed by atoms with E-state index in [0.29, 0.717) is 5.95 Å². The molecular formula is C12H17N5. The molecule has 17 heavy (non-hydrogen) atoms. The number of rotatable bonds is 5. The summed E-state index contributed by atoms with van der Waals surface area (Å²) in [5.41, 5.74) is 2.09. The lowest BCUT2D eigenvalue weighted by molar-refractivity contribution is 0.699.